The number of benzene rings is 3. The fraction of sp³-hybridized carbons (Fsp3) is 0.355. The Morgan fingerprint density at radius 2 is 1.50 bits per heavy atom. The van der Waals surface area contributed by atoms with E-state index in [-0.39, 0.29) is 35.3 Å². The Bertz CT molecular complexity index is 1210. The topological polar surface area (TPSA) is 9.23 Å². The molecule has 0 heterocycles. The summed E-state index contributed by atoms with van der Waals surface area (Å²) in [6.45, 7) is 4.07. The van der Waals surface area contributed by atoms with Gasteiger partial charge in [0.2, 0.25) is 5.82 Å². The quantitative estimate of drug-likeness (QED) is 0.282. The summed E-state index contributed by atoms with van der Waals surface area (Å²) in [6, 6.07) is 13.9. The van der Waals surface area contributed by atoms with Crippen LogP contribution in [0.3, 0.4) is 0 Å². The second-order valence-electron chi connectivity index (χ2n) is 9.46. The average Bonchev–Trinajstić information content (AvgIpc) is 2.89. The minimum atomic E-state index is -0.986. The molecule has 0 atom stereocenters. The van der Waals surface area contributed by atoms with Crippen molar-refractivity contribution in [3.63, 3.8) is 0 Å². The van der Waals surface area contributed by atoms with Crippen LogP contribution in [0.1, 0.15) is 68.6 Å². The van der Waals surface area contributed by atoms with Gasteiger partial charge in [0, 0.05) is 11.1 Å². The van der Waals surface area contributed by atoms with Gasteiger partial charge in [0.05, 0.1) is 6.61 Å². The van der Waals surface area contributed by atoms with E-state index in [2.05, 4.69) is 6.92 Å². The summed E-state index contributed by atoms with van der Waals surface area (Å²) in [4.78, 5) is 0. The van der Waals surface area contributed by atoms with Crippen molar-refractivity contribution in [1.82, 2.24) is 0 Å². The molecule has 0 N–H and O–H groups in total. The molecule has 190 valence electrons. The molecule has 0 radical (unpaired) electrons. The maximum atomic E-state index is 15.1. The molecular formula is C31H32F4O. The first-order valence-electron chi connectivity index (χ1n) is 12.8. The lowest BCUT2D eigenvalue weighted by Crippen LogP contribution is -2.13. The highest BCUT2D eigenvalue weighted by Gasteiger charge is 2.26. The van der Waals surface area contributed by atoms with Crippen LogP contribution >= 0.6 is 0 Å². The van der Waals surface area contributed by atoms with Crippen LogP contribution in [0.4, 0.5) is 17.6 Å². The molecule has 1 aliphatic carbocycles. The van der Waals surface area contributed by atoms with Gasteiger partial charge in [-0.3, -0.25) is 0 Å². The van der Waals surface area contributed by atoms with Crippen LogP contribution in [0.15, 0.2) is 54.6 Å². The lowest BCUT2D eigenvalue weighted by Gasteiger charge is -2.27. The van der Waals surface area contributed by atoms with E-state index in [1.54, 1.807) is 25.1 Å². The molecule has 36 heavy (non-hydrogen) atoms. The largest absolute Gasteiger partial charge is 0.491 e. The van der Waals surface area contributed by atoms with Gasteiger partial charge in [-0.25, -0.2) is 13.2 Å². The van der Waals surface area contributed by atoms with Crippen LogP contribution in [0.25, 0.3) is 17.2 Å². The van der Waals surface area contributed by atoms with Gasteiger partial charge in [0.1, 0.15) is 0 Å². The zero-order valence-electron chi connectivity index (χ0n) is 20.8. The Labute approximate surface area is 210 Å². The first kappa shape index (κ1) is 26.0. The van der Waals surface area contributed by atoms with E-state index in [1.165, 1.54) is 17.7 Å². The smallest absolute Gasteiger partial charge is 0.201 e. The summed E-state index contributed by atoms with van der Waals surface area (Å²) in [6.07, 6.45) is 8.42. The van der Waals surface area contributed by atoms with Crippen molar-refractivity contribution in [2.24, 2.45) is 5.92 Å². The molecule has 3 aromatic carbocycles. The van der Waals surface area contributed by atoms with Crippen LogP contribution in [-0.2, 0) is 6.42 Å². The molecule has 0 amide bonds. The summed E-state index contributed by atoms with van der Waals surface area (Å²) in [5.41, 5.74) is 2.72. The van der Waals surface area contributed by atoms with Crippen molar-refractivity contribution >= 4 is 6.08 Å². The second kappa shape index (κ2) is 11.8. The first-order chi connectivity index (χ1) is 17.4. The summed E-state index contributed by atoms with van der Waals surface area (Å²) in [5, 5.41) is 0. The standard InChI is InChI=1S/C31H32F4O/c1-3-5-20-6-11-22(12-7-20)25-17-18-26(30(34)29(25)33)23-13-8-21(9-14-23)10-15-24-16-19-27(36-4-2)31(35)28(24)32/h6-7,10-12,15-19,21,23H,3-5,8-9,13-14H2,1-2H3. The molecule has 0 spiro atoms. The molecule has 5 heteroatoms. The predicted molar refractivity (Wildman–Crippen MR) is 137 cm³/mol. The van der Waals surface area contributed by atoms with Gasteiger partial charge in [-0.15, -0.1) is 0 Å². The SMILES string of the molecule is CCCc1ccc(-c2ccc(C3CCC(C=Cc4ccc(OCC)c(F)c4F)CC3)c(F)c2F)cc1. The Balaban J connectivity index is 1.41. The average molecular weight is 497 g/mol. The minimum absolute atomic E-state index is 0.0650. The molecule has 0 unspecified atom stereocenters. The Kier molecular flexibility index (Phi) is 8.50. The van der Waals surface area contributed by atoms with Crippen LogP contribution < -0.4 is 4.74 Å². The molecule has 1 aliphatic rings. The lowest BCUT2D eigenvalue weighted by molar-refractivity contribution is 0.314. The highest BCUT2D eigenvalue weighted by molar-refractivity contribution is 5.65. The summed E-state index contributed by atoms with van der Waals surface area (Å²) in [7, 11) is 0. The summed E-state index contributed by atoms with van der Waals surface area (Å²) >= 11 is 0. The highest BCUT2D eigenvalue weighted by atomic mass is 19.2. The lowest BCUT2D eigenvalue weighted by atomic mass is 9.78. The number of hydrogen-bond donors (Lipinski definition) is 0. The molecule has 0 aromatic heterocycles. The van der Waals surface area contributed by atoms with Crippen LogP contribution in [0.5, 0.6) is 5.75 Å². The van der Waals surface area contributed by atoms with Crippen LogP contribution in [0, 0.1) is 29.2 Å². The van der Waals surface area contributed by atoms with Gasteiger partial charge in [-0.1, -0.05) is 61.9 Å². The van der Waals surface area contributed by atoms with Gasteiger partial charge in [0.25, 0.3) is 0 Å². The molecule has 3 aromatic rings. The molecule has 1 saturated carbocycles. The van der Waals surface area contributed by atoms with Gasteiger partial charge in [-0.05, 0) is 79.7 Å². The molecule has 0 bridgehead atoms. The molecule has 1 nitrogen and oxygen atoms in total. The number of rotatable bonds is 8. The van der Waals surface area contributed by atoms with Crippen molar-refractivity contribution < 1.29 is 22.3 Å². The van der Waals surface area contributed by atoms with Crippen molar-refractivity contribution in [2.75, 3.05) is 6.61 Å². The highest BCUT2D eigenvalue weighted by Crippen LogP contribution is 2.39. The van der Waals surface area contributed by atoms with Crippen LogP contribution in [-0.4, -0.2) is 6.61 Å². The Morgan fingerprint density at radius 3 is 2.17 bits per heavy atom. The number of halogens is 4. The van der Waals surface area contributed by atoms with E-state index in [0.717, 1.165) is 25.7 Å². The van der Waals surface area contributed by atoms with Crippen molar-refractivity contribution in [1.29, 1.82) is 0 Å². The molecule has 0 saturated heterocycles. The van der Waals surface area contributed by atoms with Gasteiger partial charge in [0.15, 0.2) is 23.2 Å². The maximum absolute atomic E-state index is 15.1. The van der Waals surface area contributed by atoms with E-state index < -0.39 is 23.3 Å². The van der Waals surface area contributed by atoms with Gasteiger partial charge >= 0.3 is 0 Å². The molecule has 1 fully saturated rings. The monoisotopic (exact) mass is 496 g/mol. The number of allylic oxidation sites excluding steroid dienone is 1. The van der Waals surface area contributed by atoms with E-state index in [4.69, 9.17) is 4.74 Å². The normalized spacial score (nSPS) is 18.1. The Morgan fingerprint density at radius 1 is 0.778 bits per heavy atom. The fourth-order valence-electron chi connectivity index (χ4n) is 5.05. The van der Waals surface area contributed by atoms with Crippen molar-refractivity contribution in [3.05, 3.63) is 94.6 Å². The third-order valence-electron chi connectivity index (χ3n) is 7.05. The van der Waals surface area contributed by atoms with Crippen molar-refractivity contribution in [2.45, 2.75) is 58.3 Å². The molecular weight excluding hydrogens is 464 g/mol. The van der Waals surface area contributed by atoms with E-state index in [1.807, 2.05) is 30.3 Å². The first-order valence-corrected chi connectivity index (χ1v) is 12.8. The summed E-state index contributed by atoms with van der Waals surface area (Å²) in [5.74, 6) is -3.47. The van der Waals surface area contributed by atoms with Gasteiger partial charge in [-0.2, -0.15) is 4.39 Å². The fourth-order valence-corrected chi connectivity index (χ4v) is 5.05. The Hall–Kier alpha value is -3.08. The number of ether oxygens (including phenoxy) is 1. The van der Waals surface area contributed by atoms with E-state index in [9.17, 15) is 8.78 Å². The summed E-state index contributed by atoms with van der Waals surface area (Å²) < 4.78 is 63.6. The van der Waals surface area contributed by atoms with E-state index >= 15 is 8.78 Å². The zero-order chi connectivity index (χ0) is 25.7. The van der Waals surface area contributed by atoms with E-state index in [0.29, 0.717) is 24.0 Å². The molecule has 0 aliphatic heterocycles. The number of hydrogen-bond acceptors (Lipinski definition) is 1. The predicted octanol–water partition coefficient (Wildman–Crippen LogP) is 9.25. The molecule has 4 rings (SSSR count). The van der Waals surface area contributed by atoms with Crippen LogP contribution in [0.2, 0.25) is 0 Å². The third kappa shape index (κ3) is 5.66. The van der Waals surface area contributed by atoms with Crippen molar-refractivity contribution in [3.8, 4) is 16.9 Å². The number of aryl methyl sites for hydroxylation is 1. The zero-order valence-corrected chi connectivity index (χ0v) is 20.8. The third-order valence-corrected chi connectivity index (χ3v) is 7.05. The maximum Gasteiger partial charge on any atom is 0.201 e. The minimum Gasteiger partial charge on any atom is -0.491 e. The van der Waals surface area contributed by atoms with Gasteiger partial charge < -0.3 is 4.74 Å². The second-order valence-corrected chi connectivity index (χ2v) is 9.46.